The average molecular weight is 354 g/mol. The molecule has 7 heteroatoms. The highest BCUT2D eigenvalue weighted by Crippen LogP contribution is 2.29. The van der Waals surface area contributed by atoms with Gasteiger partial charge < -0.3 is 4.74 Å². The average Bonchev–Trinajstić information content (AvgIpc) is 2.36. The summed E-state index contributed by atoms with van der Waals surface area (Å²) in [6.45, 7) is 1.23. The summed E-state index contributed by atoms with van der Waals surface area (Å²) in [5.41, 5.74) is -0.358. The summed E-state index contributed by atoms with van der Waals surface area (Å²) >= 11 is 3.13. The molecule has 0 atom stereocenters. The second-order valence-corrected chi connectivity index (χ2v) is 5.12. The fourth-order valence-electron chi connectivity index (χ4n) is 1.74. The number of ketones is 1. The Labute approximate surface area is 127 Å². The summed E-state index contributed by atoms with van der Waals surface area (Å²) in [4.78, 5) is 21.7. The summed E-state index contributed by atoms with van der Waals surface area (Å²) in [5.74, 6) is -0.519. The number of halogens is 2. The number of Topliss-reactive ketones (excluding diaryl/α,β-unsaturated/α-hetero) is 1. The molecule has 2 rings (SSSR count). The van der Waals surface area contributed by atoms with Crippen molar-refractivity contribution in [1.29, 1.82) is 0 Å². The lowest BCUT2D eigenvalue weighted by Gasteiger charge is -2.08. The third-order valence-electron chi connectivity index (χ3n) is 2.62. The molecule has 0 fully saturated rings. The van der Waals surface area contributed by atoms with Crippen molar-refractivity contribution in [3.8, 4) is 11.5 Å². The minimum absolute atomic E-state index is 0.0621. The van der Waals surface area contributed by atoms with Crippen LogP contribution in [0, 0.1) is 15.9 Å². The first-order chi connectivity index (χ1) is 9.86. The maximum absolute atomic E-state index is 13.3. The maximum atomic E-state index is 13.3. The Hall–Kier alpha value is -2.28. The van der Waals surface area contributed by atoms with Crippen molar-refractivity contribution in [2.24, 2.45) is 0 Å². The molecule has 0 amide bonds. The summed E-state index contributed by atoms with van der Waals surface area (Å²) in [6.07, 6.45) is 0. The molecule has 0 aliphatic heterocycles. The summed E-state index contributed by atoms with van der Waals surface area (Å²) in [7, 11) is 0. The fourth-order valence-corrected chi connectivity index (χ4v) is 2.19. The lowest BCUT2D eigenvalue weighted by molar-refractivity contribution is -0.385. The van der Waals surface area contributed by atoms with Crippen LogP contribution in [0.25, 0.3) is 0 Å². The van der Waals surface area contributed by atoms with E-state index < -0.39 is 16.5 Å². The van der Waals surface area contributed by atoms with Gasteiger partial charge in [0.1, 0.15) is 17.3 Å². The molecule has 108 valence electrons. The number of hydrogen-bond acceptors (Lipinski definition) is 4. The van der Waals surface area contributed by atoms with E-state index in [1.807, 2.05) is 0 Å². The van der Waals surface area contributed by atoms with Crippen molar-refractivity contribution < 1.29 is 18.8 Å². The van der Waals surface area contributed by atoms with Gasteiger partial charge >= 0.3 is 0 Å². The molecule has 2 aromatic rings. The molecule has 21 heavy (non-hydrogen) atoms. The van der Waals surface area contributed by atoms with E-state index in [4.69, 9.17) is 4.74 Å². The third-order valence-corrected chi connectivity index (χ3v) is 3.07. The molecule has 0 aliphatic carbocycles. The number of nitrogens with zero attached hydrogens (tertiary/aromatic N) is 1. The van der Waals surface area contributed by atoms with Crippen LogP contribution in [0.15, 0.2) is 40.9 Å². The van der Waals surface area contributed by atoms with Gasteiger partial charge in [-0.2, -0.15) is 0 Å². The first-order valence-electron chi connectivity index (χ1n) is 5.80. The van der Waals surface area contributed by atoms with Gasteiger partial charge in [0.05, 0.1) is 10.5 Å². The van der Waals surface area contributed by atoms with Gasteiger partial charge in [-0.1, -0.05) is 15.9 Å². The molecule has 2 aromatic carbocycles. The van der Waals surface area contributed by atoms with Gasteiger partial charge in [0, 0.05) is 16.6 Å². The van der Waals surface area contributed by atoms with Gasteiger partial charge in [0.25, 0.3) is 5.69 Å². The molecule has 0 spiro atoms. The Morgan fingerprint density at radius 3 is 2.52 bits per heavy atom. The molecule has 0 heterocycles. The largest absolute Gasteiger partial charge is 0.457 e. The van der Waals surface area contributed by atoms with Gasteiger partial charge in [0.15, 0.2) is 5.78 Å². The number of carbonyl (C=O) groups excluding carboxylic acids is 1. The number of nitro benzene ring substituents is 1. The van der Waals surface area contributed by atoms with E-state index in [1.54, 1.807) is 0 Å². The van der Waals surface area contributed by atoms with Crippen LogP contribution >= 0.6 is 15.9 Å². The molecule has 0 aromatic heterocycles. The second-order valence-electron chi connectivity index (χ2n) is 4.20. The van der Waals surface area contributed by atoms with E-state index in [0.717, 1.165) is 0 Å². The van der Waals surface area contributed by atoms with E-state index in [-0.39, 0.29) is 22.7 Å². The second kappa shape index (κ2) is 6.01. The number of carbonyl (C=O) groups is 1. The molecule has 5 nitrogen and oxygen atoms in total. The molecule has 0 radical (unpaired) electrons. The Kier molecular flexibility index (Phi) is 4.32. The molecule has 0 saturated heterocycles. The van der Waals surface area contributed by atoms with Crippen LogP contribution < -0.4 is 4.74 Å². The van der Waals surface area contributed by atoms with Crippen LogP contribution in [0.2, 0.25) is 0 Å². The van der Waals surface area contributed by atoms with Gasteiger partial charge in [-0.3, -0.25) is 14.9 Å². The Bertz CT molecular complexity index is 713. The molecule has 0 saturated carbocycles. The third kappa shape index (κ3) is 3.63. The highest BCUT2D eigenvalue weighted by molar-refractivity contribution is 9.10. The number of nitro groups is 1. The zero-order valence-electron chi connectivity index (χ0n) is 10.8. The molecule has 0 N–H and O–H groups in total. The maximum Gasteiger partial charge on any atom is 0.280 e. The minimum Gasteiger partial charge on any atom is -0.457 e. The lowest BCUT2D eigenvalue weighted by Crippen LogP contribution is -2.00. The van der Waals surface area contributed by atoms with Gasteiger partial charge in [0.2, 0.25) is 0 Å². The van der Waals surface area contributed by atoms with E-state index >= 15 is 0 Å². The summed E-state index contributed by atoms with van der Waals surface area (Å²) < 4.78 is 19.2. The van der Waals surface area contributed by atoms with Gasteiger partial charge in [-0.05, 0) is 31.2 Å². The summed E-state index contributed by atoms with van der Waals surface area (Å²) in [5, 5.41) is 10.8. The number of benzene rings is 2. The summed E-state index contributed by atoms with van der Waals surface area (Å²) in [6, 6.07) is 7.77. The zero-order chi connectivity index (χ0) is 15.6. The molecule has 0 unspecified atom stereocenters. The Morgan fingerprint density at radius 1 is 1.24 bits per heavy atom. The number of rotatable bonds is 4. The van der Waals surface area contributed by atoms with E-state index in [2.05, 4.69) is 15.9 Å². The standard InChI is InChI=1S/C14H9BrFNO4/c1-8(18)13-7-11(2-3-14(13)17(19)20)21-12-5-9(15)4-10(16)6-12/h2-7H,1H3. The van der Waals surface area contributed by atoms with Gasteiger partial charge in [-0.15, -0.1) is 0 Å². The monoisotopic (exact) mass is 353 g/mol. The van der Waals surface area contributed by atoms with Crippen LogP contribution in [0.5, 0.6) is 11.5 Å². The quantitative estimate of drug-likeness (QED) is 0.461. The smallest absolute Gasteiger partial charge is 0.280 e. The van der Waals surface area contributed by atoms with E-state index in [9.17, 15) is 19.3 Å². The molecule has 0 aliphatic rings. The van der Waals surface area contributed by atoms with Crippen LogP contribution in [-0.4, -0.2) is 10.7 Å². The van der Waals surface area contributed by atoms with Crippen LogP contribution in [0.1, 0.15) is 17.3 Å². The van der Waals surface area contributed by atoms with Crippen molar-refractivity contribution in [3.05, 3.63) is 62.4 Å². The van der Waals surface area contributed by atoms with Gasteiger partial charge in [-0.25, -0.2) is 4.39 Å². The Balaban J connectivity index is 2.39. The number of hydrogen-bond donors (Lipinski definition) is 0. The van der Waals surface area contributed by atoms with Crippen LogP contribution in [0.4, 0.5) is 10.1 Å². The predicted molar refractivity (Wildman–Crippen MR) is 77.3 cm³/mol. The van der Waals surface area contributed by atoms with Crippen LogP contribution in [0.3, 0.4) is 0 Å². The minimum atomic E-state index is -0.640. The van der Waals surface area contributed by atoms with Crippen molar-refractivity contribution in [2.75, 3.05) is 0 Å². The highest BCUT2D eigenvalue weighted by atomic mass is 79.9. The molecular weight excluding hydrogens is 345 g/mol. The SMILES string of the molecule is CC(=O)c1cc(Oc2cc(F)cc(Br)c2)ccc1[N+](=O)[O-]. The van der Waals surface area contributed by atoms with Crippen molar-refractivity contribution in [1.82, 2.24) is 0 Å². The molecule has 0 bridgehead atoms. The first kappa shape index (κ1) is 15.1. The molecular formula is C14H9BrFNO4. The van der Waals surface area contributed by atoms with E-state index in [1.165, 1.54) is 43.3 Å². The normalized spacial score (nSPS) is 10.2. The Morgan fingerprint density at radius 2 is 1.95 bits per heavy atom. The fraction of sp³-hybridized carbons (Fsp3) is 0.0714. The number of ether oxygens (including phenoxy) is 1. The zero-order valence-corrected chi connectivity index (χ0v) is 12.4. The first-order valence-corrected chi connectivity index (χ1v) is 6.59. The highest BCUT2D eigenvalue weighted by Gasteiger charge is 2.18. The lowest BCUT2D eigenvalue weighted by atomic mass is 10.1. The van der Waals surface area contributed by atoms with E-state index in [0.29, 0.717) is 4.47 Å². The van der Waals surface area contributed by atoms with Crippen LogP contribution in [-0.2, 0) is 0 Å². The van der Waals surface area contributed by atoms with Crippen molar-refractivity contribution in [3.63, 3.8) is 0 Å². The topological polar surface area (TPSA) is 69.4 Å². The van der Waals surface area contributed by atoms with Crippen molar-refractivity contribution in [2.45, 2.75) is 6.92 Å². The van der Waals surface area contributed by atoms with Crippen molar-refractivity contribution >= 4 is 27.4 Å². The predicted octanol–water partition coefficient (Wildman–Crippen LogP) is 4.49.